The Morgan fingerprint density at radius 3 is 2.60 bits per heavy atom. The van der Waals surface area contributed by atoms with E-state index in [2.05, 4.69) is 32.3 Å². The molecule has 0 bridgehead atoms. The molecule has 2 aromatic carbocycles. The third-order valence-electron chi connectivity index (χ3n) is 4.34. The zero-order valence-electron chi connectivity index (χ0n) is 13.9. The molecule has 5 heteroatoms. The van der Waals surface area contributed by atoms with E-state index in [0.29, 0.717) is 5.69 Å². The van der Waals surface area contributed by atoms with Crippen molar-refractivity contribution in [3.8, 4) is 0 Å². The lowest BCUT2D eigenvalue weighted by Gasteiger charge is -2.17. The Bertz CT molecular complexity index is 904. The summed E-state index contributed by atoms with van der Waals surface area (Å²) >= 11 is 0. The van der Waals surface area contributed by atoms with Crippen LogP contribution in [0.25, 0.3) is 0 Å². The molecule has 4 rings (SSSR count). The summed E-state index contributed by atoms with van der Waals surface area (Å²) in [6.45, 7) is 2.88. The zero-order chi connectivity index (χ0) is 17.2. The largest absolute Gasteiger partial charge is 0.325 e. The predicted molar refractivity (Wildman–Crippen MR) is 98.3 cm³/mol. The molecule has 0 radical (unpaired) electrons. The fourth-order valence-corrected chi connectivity index (χ4v) is 2.99. The van der Waals surface area contributed by atoms with E-state index >= 15 is 0 Å². The fraction of sp³-hybridized carbons (Fsp3) is 0.150. The predicted octanol–water partition coefficient (Wildman–Crippen LogP) is 3.73. The molecule has 1 amide bonds. The summed E-state index contributed by atoms with van der Waals surface area (Å²) in [6, 6.07) is 15.9. The van der Waals surface area contributed by atoms with E-state index in [1.54, 1.807) is 6.20 Å². The number of rotatable bonds is 3. The van der Waals surface area contributed by atoms with Crippen LogP contribution in [0.15, 0.2) is 60.9 Å². The maximum Gasteiger partial charge on any atom is 0.275 e. The van der Waals surface area contributed by atoms with Gasteiger partial charge < -0.3 is 10.2 Å². The standard InChI is InChI=1S/C20H18N4O/c1-14-6-8-16(9-7-14)23-20(25)17-12-22-19(13-21-17)24-11-10-15-4-2-3-5-18(15)24/h2-9,12-13H,10-11H2,1H3,(H,23,25). The van der Waals surface area contributed by atoms with Crippen molar-refractivity contribution in [2.45, 2.75) is 13.3 Å². The van der Waals surface area contributed by atoms with E-state index in [1.807, 2.05) is 43.3 Å². The molecule has 0 saturated carbocycles. The highest BCUT2D eigenvalue weighted by molar-refractivity contribution is 6.02. The van der Waals surface area contributed by atoms with Crippen LogP contribution in [-0.4, -0.2) is 22.4 Å². The Labute approximate surface area is 146 Å². The summed E-state index contributed by atoms with van der Waals surface area (Å²) in [5, 5.41) is 2.84. The van der Waals surface area contributed by atoms with Crippen LogP contribution >= 0.6 is 0 Å². The number of hydrogen-bond acceptors (Lipinski definition) is 4. The van der Waals surface area contributed by atoms with Crippen molar-refractivity contribution < 1.29 is 4.79 Å². The van der Waals surface area contributed by atoms with Crippen molar-refractivity contribution in [1.29, 1.82) is 0 Å². The molecular weight excluding hydrogens is 312 g/mol. The molecule has 3 aromatic rings. The molecule has 2 heterocycles. The van der Waals surface area contributed by atoms with Crippen molar-refractivity contribution in [1.82, 2.24) is 9.97 Å². The molecule has 0 saturated heterocycles. The van der Waals surface area contributed by atoms with E-state index in [0.717, 1.165) is 35.7 Å². The third-order valence-corrected chi connectivity index (χ3v) is 4.34. The van der Waals surface area contributed by atoms with Gasteiger partial charge in [0.15, 0.2) is 5.82 Å². The van der Waals surface area contributed by atoms with Crippen LogP contribution in [0.1, 0.15) is 21.6 Å². The van der Waals surface area contributed by atoms with Crippen LogP contribution in [0.4, 0.5) is 17.2 Å². The molecule has 0 aliphatic carbocycles. The molecule has 1 aromatic heterocycles. The number of fused-ring (bicyclic) bond motifs is 1. The lowest BCUT2D eigenvalue weighted by molar-refractivity contribution is 0.102. The summed E-state index contributed by atoms with van der Waals surface area (Å²) in [5.74, 6) is 0.501. The van der Waals surface area contributed by atoms with E-state index in [1.165, 1.54) is 11.8 Å². The highest BCUT2D eigenvalue weighted by atomic mass is 16.1. The van der Waals surface area contributed by atoms with E-state index < -0.39 is 0 Å². The monoisotopic (exact) mass is 330 g/mol. The summed E-state index contributed by atoms with van der Waals surface area (Å²) in [7, 11) is 0. The minimum Gasteiger partial charge on any atom is -0.325 e. The second-order valence-corrected chi connectivity index (χ2v) is 6.11. The Balaban J connectivity index is 1.50. The van der Waals surface area contributed by atoms with Crippen LogP contribution in [0, 0.1) is 6.92 Å². The van der Waals surface area contributed by atoms with Gasteiger partial charge in [-0.05, 0) is 37.1 Å². The summed E-state index contributed by atoms with van der Waals surface area (Å²) < 4.78 is 0. The SMILES string of the molecule is Cc1ccc(NC(=O)c2cnc(N3CCc4ccccc43)cn2)cc1. The van der Waals surface area contributed by atoms with Gasteiger partial charge in [-0.15, -0.1) is 0 Å². The van der Waals surface area contributed by atoms with Crippen LogP contribution in [0.2, 0.25) is 0 Å². The first-order valence-corrected chi connectivity index (χ1v) is 8.26. The van der Waals surface area contributed by atoms with Crippen LogP contribution in [0.5, 0.6) is 0 Å². The number of para-hydroxylation sites is 1. The zero-order valence-corrected chi connectivity index (χ0v) is 13.9. The minimum atomic E-state index is -0.260. The van der Waals surface area contributed by atoms with Gasteiger partial charge in [0.25, 0.3) is 5.91 Å². The Morgan fingerprint density at radius 1 is 1.04 bits per heavy atom. The van der Waals surface area contributed by atoms with Gasteiger partial charge in [0.05, 0.1) is 12.4 Å². The summed E-state index contributed by atoms with van der Waals surface area (Å²) in [4.78, 5) is 23.2. The molecular formula is C20H18N4O. The molecule has 0 fully saturated rings. The number of benzene rings is 2. The quantitative estimate of drug-likeness (QED) is 0.795. The topological polar surface area (TPSA) is 58.1 Å². The van der Waals surface area contributed by atoms with Gasteiger partial charge >= 0.3 is 0 Å². The van der Waals surface area contributed by atoms with Crippen molar-refractivity contribution >= 4 is 23.1 Å². The summed E-state index contributed by atoms with van der Waals surface area (Å²) in [6.07, 6.45) is 4.18. The third kappa shape index (κ3) is 3.08. The first-order chi connectivity index (χ1) is 12.2. The highest BCUT2D eigenvalue weighted by Gasteiger charge is 2.21. The second kappa shape index (κ2) is 6.36. The number of amides is 1. The number of nitrogens with one attached hydrogen (secondary N) is 1. The fourth-order valence-electron chi connectivity index (χ4n) is 2.99. The van der Waals surface area contributed by atoms with Gasteiger partial charge in [0.1, 0.15) is 5.69 Å². The lowest BCUT2D eigenvalue weighted by atomic mass is 10.2. The average Bonchev–Trinajstić information content (AvgIpc) is 3.08. The molecule has 124 valence electrons. The van der Waals surface area contributed by atoms with Crippen molar-refractivity contribution in [3.05, 3.63) is 77.7 Å². The number of aromatic nitrogens is 2. The van der Waals surface area contributed by atoms with Crippen LogP contribution < -0.4 is 10.2 Å². The summed E-state index contributed by atoms with van der Waals surface area (Å²) in [5.41, 5.74) is 4.67. The van der Waals surface area contributed by atoms with Crippen molar-refractivity contribution in [2.75, 3.05) is 16.8 Å². The Kier molecular flexibility index (Phi) is 3.90. The van der Waals surface area contributed by atoms with Gasteiger partial charge in [0, 0.05) is 17.9 Å². The first-order valence-electron chi connectivity index (χ1n) is 8.26. The molecule has 0 unspecified atom stereocenters. The molecule has 0 atom stereocenters. The average molecular weight is 330 g/mol. The van der Waals surface area contributed by atoms with Gasteiger partial charge in [-0.3, -0.25) is 4.79 Å². The normalized spacial score (nSPS) is 12.8. The molecule has 1 aliphatic rings. The lowest BCUT2D eigenvalue weighted by Crippen LogP contribution is -2.18. The Hall–Kier alpha value is -3.21. The number of aryl methyl sites for hydroxylation is 1. The number of carbonyl (C=O) groups is 1. The van der Waals surface area contributed by atoms with Gasteiger partial charge in [-0.1, -0.05) is 35.9 Å². The number of nitrogens with zero attached hydrogens (tertiary/aromatic N) is 3. The van der Waals surface area contributed by atoms with Crippen molar-refractivity contribution in [3.63, 3.8) is 0 Å². The smallest absolute Gasteiger partial charge is 0.275 e. The molecule has 1 aliphatic heterocycles. The van der Waals surface area contributed by atoms with Gasteiger partial charge in [-0.2, -0.15) is 0 Å². The molecule has 0 spiro atoms. The second-order valence-electron chi connectivity index (χ2n) is 6.11. The minimum absolute atomic E-state index is 0.260. The van der Waals surface area contributed by atoms with Crippen LogP contribution in [-0.2, 0) is 6.42 Å². The number of hydrogen-bond donors (Lipinski definition) is 1. The highest BCUT2D eigenvalue weighted by Crippen LogP contribution is 2.32. The first kappa shape index (κ1) is 15.3. The van der Waals surface area contributed by atoms with E-state index in [-0.39, 0.29) is 5.91 Å². The molecule has 1 N–H and O–H groups in total. The van der Waals surface area contributed by atoms with E-state index in [9.17, 15) is 4.79 Å². The van der Waals surface area contributed by atoms with E-state index in [4.69, 9.17) is 0 Å². The maximum atomic E-state index is 12.3. The van der Waals surface area contributed by atoms with Gasteiger partial charge in [0.2, 0.25) is 0 Å². The number of anilines is 3. The van der Waals surface area contributed by atoms with Crippen molar-refractivity contribution in [2.24, 2.45) is 0 Å². The maximum absolute atomic E-state index is 12.3. The Morgan fingerprint density at radius 2 is 1.84 bits per heavy atom. The number of carbonyl (C=O) groups excluding carboxylic acids is 1. The molecule has 25 heavy (non-hydrogen) atoms. The van der Waals surface area contributed by atoms with Gasteiger partial charge in [-0.25, -0.2) is 9.97 Å². The van der Waals surface area contributed by atoms with Crippen LogP contribution in [0.3, 0.4) is 0 Å². The molecule has 5 nitrogen and oxygen atoms in total.